The summed E-state index contributed by atoms with van der Waals surface area (Å²) >= 11 is 1.30. The molecule has 22 heavy (non-hydrogen) atoms. The molecule has 0 saturated heterocycles. The molecule has 8 heteroatoms. The van der Waals surface area contributed by atoms with Crippen molar-refractivity contribution in [2.24, 2.45) is 11.7 Å². The van der Waals surface area contributed by atoms with Crippen molar-refractivity contribution < 1.29 is 9.59 Å². The molecule has 1 atom stereocenters. The minimum absolute atomic E-state index is 0.0163. The predicted molar refractivity (Wildman–Crippen MR) is 84.4 cm³/mol. The number of allylic oxidation sites excluding steroid dienone is 1. The van der Waals surface area contributed by atoms with E-state index in [0.29, 0.717) is 17.6 Å². The lowest BCUT2D eigenvalue weighted by atomic mass is 10.1. The monoisotopic (exact) mass is 323 g/mol. The van der Waals surface area contributed by atoms with Gasteiger partial charge in [-0.25, -0.2) is 4.79 Å². The van der Waals surface area contributed by atoms with Crippen molar-refractivity contribution in [3.63, 3.8) is 0 Å². The highest BCUT2D eigenvalue weighted by molar-refractivity contribution is 8.00. The third kappa shape index (κ3) is 3.88. The van der Waals surface area contributed by atoms with Gasteiger partial charge in [-0.3, -0.25) is 10.1 Å². The van der Waals surface area contributed by atoms with Gasteiger partial charge in [0.05, 0.1) is 5.25 Å². The van der Waals surface area contributed by atoms with Crippen LogP contribution < -0.4 is 11.1 Å². The van der Waals surface area contributed by atoms with Crippen molar-refractivity contribution in [2.45, 2.75) is 49.6 Å². The van der Waals surface area contributed by atoms with E-state index in [4.69, 9.17) is 5.73 Å². The number of nitrogens with one attached hydrogen (secondary N) is 1. The van der Waals surface area contributed by atoms with E-state index in [2.05, 4.69) is 22.1 Å². The zero-order valence-electron chi connectivity index (χ0n) is 12.8. The molecule has 0 bridgehead atoms. The Morgan fingerprint density at radius 1 is 1.50 bits per heavy atom. The lowest BCUT2D eigenvalue weighted by molar-refractivity contribution is -0.120. The van der Waals surface area contributed by atoms with E-state index in [1.54, 1.807) is 6.08 Å². The normalized spacial score (nSPS) is 15.6. The van der Waals surface area contributed by atoms with Gasteiger partial charge in [0.15, 0.2) is 5.16 Å². The van der Waals surface area contributed by atoms with Crippen LogP contribution >= 0.6 is 11.8 Å². The van der Waals surface area contributed by atoms with Gasteiger partial charge in [0.2, 0.25) is 5.91 Å². The molecule has 0 radical (unpaired) electrons. The van der Waals surface area contributed by atoms with Gasteiger partial charge in [0, 0.05) is 12.5 Å². The van der Waals surface area contributed by atoms with Crippen molar-refractivity contribution in [1.82, 2.24) is 20.1 Å². The third-order valence-electron chi connectivity index (χ3n) is 3.34. The minimum Gasteiger partial charge on any atom is -0.351 e. The van der Waals surface area contributed by atoms with Crippen LogP contribution in [0, 0.1) is 5.92 Å². The summed E-state index contributed by atoms with van der Waals surface area (Å²) in [4.78, 5) is 23.0. The fraction of sp³-hybridized carbons (Fsp3) is 0.571. The van der Waals surface area contributed by atoms with Crippen molar-refractivity contribution in [1.29, 1.82) is 0 Å². The van der Waals surface area contributed by atoms with E-state index in [-0.39, 0.29) is 5.92 Å². The van der Waals surface area contributed by atoms with Crippen LogP contribution in [0.4, 0.5) is 4.79 Å². The van der Waals surface area contributed by atoms with Crippen LogP contribution in [-0.4, -0.2) is 32.0 Å². The van der Waals surface area contributed by atoms with Gasteiger partial charge < -0.3 is 10.3 Å². The highest BCUT2D eigenvalue weighted by atomic mass is 32.2. The number of carbonyl (C=O) groups excluding carboxylic acids is 2. The Balaban J connectivity index is 2.20. The molecule has 3 amide bonds. The lowest BCUT2D eigenvalue weighted by Gasteiger charge is -2.18. The van der Waals surface area contributed by atoms with Crippen molar-refractivity contribution >= 4 is 23.7 Å². The van der Waals surface area contributed by atoms with Gasteiger partial charge in [0.1, 0.15) is 5.82 Å². The molecular formula is C14H21N5O2S. The molecule has 7 nitrogen and oxygen atoms in total. The molecule has 3 N–H and O–H groups in total. The van der Waals surface area contributed by atoms with Crippen molar-refractivity contribution in [3.8, 4) is 0 Å². The van der Waals surface area contributed by atoms with Gasteiger partial charge in [0.25, 0.3) is 0 Å². The van der Waals surface area contributed by atoms with Gasteiger partial charge in [-0.05, 0) is 18.8 Å². The summed E-state index contributed by atoms with van der Waals surface area (Å²) in [5.74, 6) is 1.01. The Morgan fingerprint density at radius 2 is 2.18 bits per heavy atom. The zero-order valence-corrected chi connectivity index (χ0v) is 13.6. The number of hydrogen-bond acceptors (Lipinski definition) is 5. The highest BCUT2D eigenvalue weighted by Crippen LogP contribution is 2.40. The number of carbonyl (C=O) groups is 2. The molecule has 120 valence electrons. The average Bonchev–Trinajstić information content (AvgIpc) is 3.19. The van der Waals surface area contributed by atoms with Gasteiger partial charge in [-0.2, -0.15) is 0 Å². The van der Waals surface area contributed by atoms with Gasteiger partial charge in [-0.15, -0.1) is 16.8 Å². The molecule has 0 aromatic carbocycles. The molecule has 1 aliphatic carbocycles. The van der Waals surface area contributed by atoms with E-state index in [9.17, 15) is 9.59 Å². The third-order valence-corrected chi connectivity index (χ3v) is 4.87. The van der Waals surface area contributed by atoms with E-state index in [1.807, 2.05) is 18.4 Å². The highest BCUT2D eigenvalue weighted by Gasteiger charge is 2.32. The summed E-state index contributed by atoms with van der Waals surface area (Å²) in [5, 5.41) is 10.8. The first-order valence-electron chi connectivity index (χ1n) is 7.25. The second kappa shape index (κ2) is 6.95. The average molecular weight is 323 g/mol. The number of imide groups is 1. The number of thioether (sulfide) groups is 1. The maximum absolute atomic E-state index is 12.1. The molecule has 2 rings (SSSR count). The van der Waals surface area contributed by atoms with Gasteiger partial charge >= 0.3 is 6.03 Å². The Morgan fingerprint density at radius 3 is 2.68 bits per heavy atom. The van der Waals surface area contributed by atoms with Crippen LogP contribution in [0.5, 0.6) is 0 Å². The summed E-state index contributed by atoms with van der Waals surface area (Å²) in [6, 6.07) is -0.845. The minimum atomic E-state index is -0.845. The quantitative estimate of drug-likeness (QED) is 0.586. The number of amides is 3. The predicted octanol–water partition coefficient (Wildman–Crippen LogP) is 1.65. The number of nitrogens with zero attached hydrogens (tertiary/aromatic N) is 3. The molecule has 0 spiro atoms. The maximum atomic E-state index is 12.1. The number of aromatic nitrogens is 3. The smallest absolute Gasteiger partial charge is 0.318 e. The summed E-state index contributed by atoms with van der Waals surface area (Å²) < 4.78 is 1.99. The Labute approximate surface area is 133 Å². The summed E-state index contributed by atoms with van der Waals surface area (Å²) in [7, 11) is 0. The van der Waals surface area contributed by atoms with E-state index < -0.39 is 17.2 Å². The van der Waals surface area contributed by atoms with Gasteiger partial charge in [-0.1, -0.05) is 31.7 Å². The lowest BCUT2D eigenvalue weighted by Crippen LogP contribution is -2.42. The molecule has 0 unspecified atom stereocenters. The van der Waals surface area contributed by atoms with Crippen LogP contribution in [-0.2, 0) is 11.3 Å². The first kappa shape index (κ1) is 16.5. The summed E-state index contributed by atoms with van der Waals surface area (Å²) in [6.45, 7) is 8.18. The maximum Gasteiger partial charge on any atom is 0.318 e. The van der Waals surface area contributed by atoms with Crippen LogP contribution in [0.2, 0.25) is 0 Å². The van der Waals surface area contributed by atoms with E-state index >= 15 is 0 Å². The summed E-state index contributed by atoms with van der Waals surface area (Å²) in [5.41, 5.74) is 5.03. The first-order chi connectivity index (χ1) is 10.4. The number of hydrogen-bond donors (Lipinski definition) is 2. The number of nitrogens with two attached hydrogens (primary N) is 1. The number of urea groups is 1. The molecule has 1 aliphatic rings. The Kier molecular flexibility index (Phi) is 5.23. The van der Waals surface area contributed by atoms with Crippen molar-refractivity contribution in [3.05, 3.63) is 18.5 Å². The van der Waals surface area contributed by atoms with E-state index in [0.717, 1.165) is 18.7 Å². The fourth-order valence-corrected chi connectivity index (χ4v) is 3.18. The van der Waals surface area contributed by atoms with Crippen LogP contribution in [0.1, 0.15) is 38.4 Å². The first-order valence-corrected chi connectivity index (χ1v) is 8.13. The largest absolute Gasteiger partial charge is 0.351 e. The number of primary amides is 1. The Hall–Kier alpha value is -1.83. The standard InChI is InChI=1S/C14H21N5O2S/c1-4-7-19-11(9-5-6-9)17-18-14(19)22-10(8(2)3)12(20)16-13(15)21/h4,8-10H,1,5-7H2,2-3H3,(H3,15,16,20,21)/t10-/m1/s1. The second-order valence-electron chi connectivity index (χ2n) is 5.65. The molecule has 1 heterocycles. The zero-order chi connectivity index (χ0) is 16.3. The fourth-order valence-electron chi connectivity index (χ4n) is 2.13. The number of rotatable bonds is 7. The molecule has 0 aliphatic heterocycles. The molecule has 1 saturated carbocycles. The van der Waals surface area contributed by atoms with Crippen LogP contribution in [0.3, 0.4) is 0 Å². The Bertz CT molecular complexity index is 580. The van der Waals surface area contributed by atoms with Crippen LogP contribution in [0.25, 0.3) is 0 Å². The summed E-state index contributed by atoms with van der Waals surface area (Å²) in [6.07, 6.45) is 4.03. The van der Waals surface area contributed by atoms with Crippen molar-refractivity contribution in [2.75, 3.05) is 0 Å². The van der Waals surface area contributed by atoms with Crippen LogP contribution in [0.15, 0.2) is 17.8 Å². The SMILES string of the molecule is C=CCn1c(S[C@@H](C(=O)NC(N)=O)C(C)C)nnc1C1CC1. The molecule has 1 fully saturated rings. The molecule has 1 aromatic heterocycles. The molecular weight excluding hydrogens is 302 g/mol. The topological polar surface area (TPSA) is 103 Å². The van der Waals surface area contributed by atoms with E-state index in [1.165, 1.54) is 11.8 Å². The second-order valence-corrected chi connectivity index (χ2v) is 6.76. The molecule has 1 aromatic rings.